The van der Waals surface area contributed by atoms with Gasteiger partial charge in [-0.15, -0.1) is 0 Å². The van der Waals surface area contributed by atoms with E-state index in [1.54, 1.807) is 12.1 Å². The fourth-order valence-corrected chi connectivity index (χ4v) is 2.17. The van der Waals surface area contributed by atoms with Gasteiger partial charge >= 0.3 is 0 Å². The first-order valence-corrected chi connectivity index (χ1v) is 7.84. The molecule has 0 heterocycles. The van der Waals surface area contributed by atoms with E-state index in [0.717, 1.165) is 30.7 Å². The molecule has 114 valence electrons. The van der Waals surface area contributed by atoms with E-state index in [0.29, 0.717) is 6.61 Å². The Balaban J connectivity index is 2.59. The maximum absolute atomic E-state index is 13.4. The topological polar surface area (TPSA) is 21.3 Å². The molecule has 0 fully saturated rings. The van der Waals surface area contributed by atoms with Gasteiger partial charge < -0.3 is 10.1 Å². The fraction of sp³-hybridized carbons (Fsp3) is 0.647. The molecule has 0 aliphatic rings. The monoisotopic (exact) mass is 281 g/mol. The Morgan fingerprint density at radius 3 is 2.65 bits per heavy atom. The Bertz CT molecular complexity index is 381. The number of nitrogens with one attached hydrogen (secondary N) is 1. The molecular weight excluding hydrogens is 253 g/mol. The molecule has 0 saturated carbocycles. The van der Waals surface area contributed by atoms with Crippen molar-refractivity contribution in [1.82, 2.24) is 5.32 Å². The second-order valence-electron chi connectivity index (χ2n) is 5.27. The lowest BCUT2D eigenvalue weighted by molar-refractivity contribution is 0.298. The minimum atomic E-state index is -0.205. The molecule has 0 bridgehead atoms. The molecular formula is C17H28FNO. The molecule has 1 unspecified atom stereocenters. The van der Waals surface area contributed by atoms with Gasteiger partial charge in [0.25, 0.3) is 0 Å². The molecule has 2 nitrogen and oxygen atoms in total. The van der Waals surface area contributed by atoms with Gasteiger partial charge in [0.05, 0.1) is 6.61 Å². The zero-order chi connectivity index (χ0) is 14.8. The van der Waals surface area contributed by atoms with Gasteiger partial charge in [0.2, 0.25) is 0 Å². The first kappa shape index (κ1) is 17.0. The quantitative estimate of drug-likeness (QED) is 0.619. The summed E-state index contributed by atoms with van der Waals surface area (Å²) in [6.07, 6.45) is 5.78. The van der Waals surface area contributed by atoms with Gasteiger partial charge in [-0.1, -0.05) is 33.1 Å². The molecule has 0 aliphatic heterocycles. The second kappa shape index (κ2) is 9.76. The Morgan fingerprint density at radius 2 is 1.95 bits per heavy atom. The van der Waals surface area contributed by atoms with Crippen LogP contribution in [0.1, 0.15) is 64.5 Å². The zero-order valence-corrected chi connectivity index (χ0v) is 13.0. The molecule has 0 aliphatic carbocycles. The van der Waals surface area contributed by atoms with E-state index in [1.807, 2.05) is 6.92 Å². The largest absolute Gasteiger partial charge is 0.493 e. The van der Waals surface area contributed by atoms with E-state index in [1.165, 1.54) is 25.3 Å². The van der Waals surface area contributed by atoms with Gasteiger partial charge in [0, 0.05) is 11.6 Å². The van der Waals surface area contributed by atoms with Crippen LogP contribution in [0.2, 0.25) is 0 Å². The molecule has 1 rings (SSSR count). The molecule has 20 heavy (non-hydrogen) atoms. The van der Waals surface area contributed by atoms with E-state index in [4.69, 9.17) is 4.74 Å². The summed E-state index contributed by atoms with van der Waals surface area (Å²) in [5.41, 5.74) is 0.911. The Morgan fingerprint density at radius 1 is 1.15 bits per heavy atom. The SMILES string of the molecule is CCCCCCOc1ccc(F)cc1C(C)NCCC. The van der Waals surface area contributed by atoms with Crippen LogP contribution in [0, 0.1) is 5.82 Å². The third-order valence-electron chi connectivity index (χ3n) is 3.39. The summed E-state index contributed by atoms with van der Waals surface area (Å²) in [6.45, 7) is 8.00. The van der Waals surface area contributed by atoms with Crippen LogP contribution >= 0.6 is 0 Å². The summed E-state index contributed by atoms with van der Waals surface area (Å²) >= 11 is 0. The molecule has 1 aromatic rings. The molecule has 3 heteroatoms. The summed E-state index contributed by atoms with van der Waals surface area (Å²) in [6, 6.07) is 4.90. The lowest BCUT2D eigenvalue weighted by Crippen LogP contribution is -2.20. The Labute approximate surface area is 122 Å². The molecule has 0 amide bonds. The Kier molecular flexibility index (Phi) is 8.28. The van der Waals surface area contributed by atoms with Crippen LogP contribution < -0.4 is 10.1 Å². The lowest BCUT2D eigenvalue weighted by atomic mass is 10.1. The van der Waals surface area contributed by atoms with E-state index >= 15 is 0 Å². The van der Waals surface area contributed by atoms with Crippen LogP contribution in [0.5, 0.6) is 5.75 Å². The lowest BCUT2D eigenvalue weighted by Gasteiger charge is -2.18. The van der Waals surface area contributed by atoms with E-state index < -0.39 is 0 Å². The predicted octanol–water partition coefficient (Wildman–Crippen LogP) is 4.85. The van der Waals surface area contributed by atoms with Crippen LogP contribution in [0.4, 0.5) is 4.39 Å². The Hall–Kier alpha value is -1.09. The van der Waals surface area contributed by atoms with Crippen LogP contribution in [0.3, 0.4) is 0 Å². The maximum atomic E-state index is 13.4. The van der Waals surface area contributed by atoms with Crippen LogP contribution in [-0.2, 0) is 0 Å². The number of unbranched alkanes of at least 4 members (excludes halogenated alkanes) is 3. The zero-order valence-electron chi connectivity index (χ0n) is 13.0. The highest BCUT2D eigenvalue weighted by atomic mass is 19.1. The first-order chi connectivity index (χ1) is 9.69. The van der Waals surface area contributed by atoms with Gasteiger partial charge in [-0.25, -0.2) is 4.39 Å². The second-order valence-corrected chi connectivity index (χ2v) is 5.27. The van der Waals surface area contributed by atoms with Gasteiger partial charge in [0.1, 0.15) is 11.6 Å². The minimum Gasteiger partial charge on any atom is -0.493 e. The average Bonchev–Trinajstić information content (AvgIpc) is 2.45. The number of hydrogen-bond donors (Lipinski definition) is 1. The first-order valence-electron chi connectivity index (χ1n) is 7.84. The standard InChI is InChI=1S/C17H28FNO/c1-4-6-7-8-12-20-17-10-9-15(18)13-16(17)14(3)19-11-5-2/h9-10,13-14,19H,4-8,11-12H2,1-3H3. The summed E-state index contributed by atoms with van der Waals surface area (Å²) in [7, 11) is 0. The molecule has 0 saturated heterocycles. The van der Waals surface area contributed by atoms with Crippen molar-refractivity contribution < 1.29 is 9.13 Å². The van der Waals surface area contributed by atoms with Gasteiger partial charge in [0.15, 0.2) is 0 Å². The number of halogens is 1. The van der Waals surface area contributed by atoms with E-state index in [2.05, 4.69) is 19.2 Å². The number of rotatable bonds is 10. The highest BCUT2D eigenvalue weighted by molar-refractivity contribution is 5.36. The summed E-state index contributed by atoms with van der Waals surface area (Å²) in [4.78, 5) is 0. The molecule has 1 atom stereocenters. The van der Waals surface area contributed by atoms with Gasteiger partial charge in [-0.2, -0.15) is 0 Å². The number of hydrogen-bond acceptors (Lipinski definition) is 2. The van der Waals surface area contributed by atoms with Crippen molar-refractivity contribution in [3.05, 3.63) is 29.6 Å². The van der Waals surface area contributed by atoms with Crippen molar-refractivity contribution in [3.63, 3.8) is 0 Å². The van der Waals surface area contributed by atoms with Crippen molar-refractivity contribution in [2.24, 2.45) is 0 Å². The van der Waals surface area contributed by atoms with Gasteiger partial charge in [-0.05, 0) is 44.5 Å². The smallest absolute Gasteiger partial charge is 0.124 e. The highest BCUT2D eigenvalue weighted by Crippen LogP contribution is 2.26. The normalized spacial score (nSPS) is 12.4. The van der Waals surface area contributed by atoms with Crippen LogP contribution in [0.25, 0.3) is 0 Å². The molecule has 0 aromatic heterocycles. The number of ether oxygens (including phenoxy) is 1. The van der Waals surface area contributed by atoms with Crippen molar-refractivity contribution in [2.45, 2.75) is 58.9 Å². The molecule has 0 radical (unpaired) electrons. The van der Waals surface area contributed by atoms with Crippen molar-refractivity contribution in [2.75, 3.05) is 13.2 Å². The van der Waals surface area contributed by atoms with Crippen LogP contribution in [-0.4, -0.2) is 13.2 Å². The van der Waals surface area contributed by atoms with Crippen molar-refractivity contribution in [1.29, 1.82) is 0 Å². The highest BCUT2D eigenvalue weighted by Gasteiger charge is 2.12. The van der Waals surface area contributed by atoms with E-state index in [-0.39, 0.29) is 11.9 Å². The minimum absolute atomic E-state index is 0.108. The summed E-state index contributed by atoms with van der Waals surface area (Å²) in [5, 5.41) is 3.38. The maximum Gasteiger partial charge on any atom is 0.124 e. The van der Waals surface area contributed by atoms with Crippen molar-refractivity contribution >= 4 is 0 Å². The van der Waals surface area contributed by atoms with Crippen molar-refractivity contribution in [3.8, 4) is 5.75 Å². The third-order valence-corrected chi connectivity index (χ3v) is 3.39. The predicted molar refractivity (Wildman–Crippen MR) is 82.7 cm³/mol. The molecule has 1 aromatic carbocycles. The van der Waals surface area contributed by atoms with E-state index in [9.17, 15) is 4.39 Å². The molecule has 0 spiro atoms. The third kappa shape index (κ3) is 5.91. The molecule has 1 N–H and O–H groups in total. The average molecular weight is 281 g/mol. The summed E-state index contributed by atoms with van der Waals surface area (Å²) in [5.74, 6) is 0.600. The fourth-order valence-electron chi connectivity index (χ4n) is 2.17. The van der Waals surface area contributed by atoms with Gasteiger partial charge in [-0.3, -0.25) is 0 Å². The van der Waals surface area contributed by atoms with Crippen LogP contribution in [0.15, 0.2) is 18.2 Å². The summed E-state index contributed by atoms with van der Waals surface area (Å²) < 4.78 is 19.3. The number of benzene rings is 1.